The average molecular weight is 468 g/mol. The molecule has 0 aliphatic carbocycles. The van der Waals surface area contributed by atoms with Gasteiger partial charge in [0.2, 0.25) is 0 Å². The molecule has 0 aromatic heterocycles. The fourth-order valence-corrected chi connectivity index (χ4v) is 9.96. The van der Waals surface area contributed by atoms with Crippen LogP contribution in [0.2, 0.25) is 0 Å². The van der Waals surface area contributed by atoms with Gasteiger partial charge in [-0.1, -0.05) is 139 Å². The Bertz CT molecular complexity index is 617. The Hall–Kier alpha value is -1.13. The first-order valence-corrected chi connectivity index (χ1v) is 16.7. The van der Waals surface area contributed by atoms with Crippen LogP contribution in [0.3, 0.4) is 0 Å². The minimum atomic E-state index is -1.06. The second-order valence-corrected chi connectivity index (χ2v) is 14.5. The molecule has 0 unspecified atom stereocenters. The van der Waals surface area contributed by atoms with Crippen LogP contribution < -0.4 is 0 Å². The van der Waals surface area contributed by atoms with E-state index in [-0.39, 0.29) is 0 Å². The lowest BCUT2D eigenvalue weighted by Gasteiger charge is -2.29. The molecule has 0 saturated heterocycles. The van der Waals surface area contributed by atoms with E-state index in [1.165, 1.54) is 115 Å². The quantitative estimate of drug-likeness (QED) is 0.134. The first-order chi connectivity index (χ1) is 16.3. The SMILES string of the molecule is CCCCCCCCC[P+](CCCCCCCCC)(Cc1ccccc1)Cc1ccccc1. The summed E-state index contributed by atoms with van der Waals surface area (Å²) in [5.74, 6) is 0. The van der Waals surface area contributed by atoms with E-state index in [0.29, 0.717) is 0 Å². The summed E-state index contributed by atoms with van der Waals surface area (Å²) in [5.41, 5.74) is 3.15. The van der Waals surface area contributed by atoms with E-state index in [0.717, 1.165) is 0 Å². The van der Waals surface area contributed by atoms with Gasteiger partial charge in [0.15, 0.2) is 0 Å². The van der Waals surface area contributed by atoms with Crippen molar-refractivity contribution in [3.05, 3.63) is 71.8 Å². The van der Waals surface area contributed by atoms with Gasteiger partial charge in [-0.2, -0.15) is 0 Å². The summed E-state index contributed by atoms with van der Waals surface area (Å²) in [4.78, 5) is 0. The molecular weight excluding hydrogens is 415 g/mol. The van der Waals surface area contributed by atoms with Gasteiger partial charge in [0, 0.05) is 7.26 Å². The Morgan fingerprint density at radius 3 is 1.12 bits per heavy atom. The molecule has 0 heterocycles. The van der Waals surface area contributed by atoms with Crippen LogP contribution in [-0.2, 0) is 12.3 Å². The van der Waals surface area contributed by atoms with Crippen LogP contribution in [0.25, 0.3) is 0 Å². The van der Waals surface area contributed by atoms with E-state index < -0.39 is 7.26 Å². The maximum Gasteiger partial charge on any atom is 0.0846 e. The van der Waals surface area contributed by atoms with E-state index in [2.05, 4.69) is 74.5 Å². The van der Waals surface area contributed by atoms with Crippen molar-refractivity contribution in [1.29, 1.82) is 0 Å². The standard InChI is InChI=1S/C32H52P/c1-3-5-7-9-11-13-21-27-33(29-31-23-17-15-18-24-31,30-32-25-19-16-20-26-32)28-22-14-12-10-8-6-4-2/h15-20,23-26H,3-14,21-22,27-30H2,1-2H3/q+1. The van der Waals surface area contributed by atoms with E-state index in [9.17, 15) is 0 Å². The highest BCUT2D eigenvalue weighted by molar-refractivity contribution is 7.74. The van der Waals surface area contributed by atoms with Gasteiger partial charge in [0.25, 0.3) is 0 Å². The van der Waals surface area contributed by atoms with Crippen LogP contribution in [0.1, 0.15) is 115 Å². The van der Waals surface area contributed by atoms with Gasteiger partial charge in [-0.3, -0.25) is 0 Å². The number of rotatable bonds is 20. The highest BCUT2D eigenvalue weighted by Gasteiger charge is 2.36. The van der Waals surface area contributed by atoms with Gasteiger partial charge in [-0.05, 0) is 36.8 Å². The third-order valence-corrected chi connectivity index (χ3v) is 11.8. The molecule has 184 valence electrons. The van der Waals surface area contributed by atoms with Crippen LogP contribution in [0.5, 0.6) is 0 Å². The zero-order valence-corrected chi connectivity index (χ0v) is 22.8. The smallest absolute Gasteiger partial charge is 0.0654 e. The maximum atomic E-state index is 2.38. The highest BCUT2D eigenvalue weighted by atomic mass is 31.2. The predicted molar refractivity (Wildman–Crippen MR) is 153 cm³/mol. The second-order valence-electron chi connectivity index (χ2n) is 10.3. The molecule has 0 spiro atoms. The lowest BCUT2D eigenvalue weighted by Crippen LogP contribution is -2.11. The summed E-state index contributed by atoms with van der Waals surface area (Å²) < 4.78 is 0. The topological polar surface area (TPSA) is 0 Å². The second kappa shape index (κ2) is 18.2. The Kier molecular flexibility index (Phi) is 15.5. The van der Waals surface area contributed by atoms with Crippen molar-refractivity contribution in [2.24, 2.45) is 0 Å². The van der Waals surface area contributed by atoms with Gasteiger partial charge in [0.05, 0.1) is 24.6 Å². The molecular formula is C32H52P+. The molecule has 2 aromatic carbocycles. The molecule has 1 heteroatoms. The lowest BCUT2D eigenvalue weighted by atomic mass is 10.1. The molecule has 33 heavy (non-hydrogen) atoms. The summed E-state index contributed by atoms with van der Waals surface area (Å²) in [7, 11) is -1.06. The molecule has 2 rings (SSSR count). The van der Waals surface area contributed by atoms with Crippen molar-refractivity contribution in [3.63, 3.8) is 0 Å². The van der Waals surface area contributed by atoms with Gasteiger partial charge < -0.3 is 0 Å². The number of hydrogen-bond donors (Lipinski definition) is 0. The number of hydrogen-bond acceptors (Lipinski definition) is 0. The Balaban J connectivity index is 2.02. The number of unbranched alkanes of at least 4 members (excludes halogenated alkanes) is 12. The lowest BCUT2D eigenvalue weighted by molar-refractivity contribution is 0.598. The summed E-state index contributed by atoms with van der Waals surface area (Å²) in [5, 5.41) is 0. The Morgan fingerprint density at radius 1 is 0.424 bits per heavy atom. The van der Waals surface area contributed by atoms with Gasteiger partial charge >= 0.3 is 0 Å². The molecule has 2 aromatic rings. The van der Waals surface area contributed by atoms with E-state index in [4.69, 9.17) is 0 Å². The molecule has 0 radical (unpaired) electrons. The fraction of sp³-hybridized carbons (Fsp3) is 0.625. The fourth-order valence-electron chi connectivity index (χ4n) is 5.23. The third kappa shape index (κ3) is 12.8. The molecule has 0 saturated carbocycles. The van der Waals surface area contributed by atoms with Gasteiger partial charge in [-0.25, -0.2) is 0 Å². The normalized spacial score (nSPS) is 11.7. The summed E-state index contributed by atoms with van der Waals surface area (Å²) in [6.07, 6.45) is 25.6. The van der Waals surface area contributed by atoms with Crippen molar-refractivity contribution in [1.82, 2.24) is 0 Å². The molecule has 0 nitrogen and oxygen atoms in total. The Labute approximate surface area is 207 Å². The first-order valence-electron chi connectivity index (χ1n) is 14.2. The zero-order valence-electron chi connectivity index (χ0n) is 21.9. The van der Waals surface area contributed by atoms with Crippen molar-refractivity contribution in [2.75, 3.05) is 12.3 Å². The maximum absolute atomic E-state index is 2.38. The van der Waals surface area contributed by atoms with Crippen LogP contribution in [0, 0.1) is 0 Å². The van der Waals surface area contributed by atoms with Crippen LogP contribution in [0.15, 0.2) is 60.7 Å². The van der Waals surface area contributed by atoms with Gasteiger partial charge in [0.1, 0.15) is 0 Å². The van der Waals surface area contributed by atoms with Crippen LogP contribution >= 0.6 is 7.26 Å². The van der Waals surface area contributed by atoms with Crippen molar-refractivity contribution in [3.8, 4) is 0 Å². The third-order valence-electron chi connectivity index (χ3n) is 7.19. The minimum Gasteiger partial charge on any atom is -0.0654 e. The van der Waals surface area contributed by atoms with Crippen molar-refractivity contribution >= 4 is 7.26 Å². The van der Waals surface area contributed by atoms with Crippen LogP contribution in [0.4, 0.5) is 0 Å². The number of benzene rings is 2. The minimum absolute atomic E-state index is 1.06. The largest absolute Gasteiger partial charge is 0.0846 e. The van der Waals surface area contributed by atoms with E-state index >= 15 is 0 Å². The summed E-state index contributed by atoms with van der Waals surface area (Å²) in [6, 6.07) is 22.9. The summed E-state index contributed by atoms with van der Waals surface area (Å²) in [6.45, 7) is 4.63. The molecule has 0 bridgehead atoms. The molecule has 0 fully saturated rings. The van der Waals surface area contributed by atoms with Crippen molar-refractivity contribution in [2.45, 2.75) is 116 Å². The monoisotopic (exact) mass is 467 g/mol. The molecule has 0 atom stereocenters. The predicted octanol–water partition coefficient (Wildman–Crippen LogP) is 10.9. The zero-order chi connectivity index (χ0) is 23.5. The van der Waals surface area contributed by atoms with E-state index in [1.807, 2.05) is 0 Å². The molecule has 0 amide bonds. The van der Waals surface area contributed by atoms with Gasteiger partial charge in [-0.15, -0.1) is 0 Å². The van der Waals surface area contributed by atoms with Crippen LogP contribution in [-0.4, -0.2) is 12.3 Å². The molecule has 0 N–H and O–H groups in total. The Morgan fingerprint density at radius 2 is 0.758 bits per heavy atom. The van der Waals surface area contributed by atoms with E-state index in [1.54, 1.807) is 11.1 Å². The summed E-state index contributed by atoms with van der Waals surface area (Å²) >= 11 is 0. The first kappa shape index (κ1) is 28.1. The van der Waals surface area contributed by atoms with Crippen molar-refractivity contribution < 1.29 is 0 Å². The average Bonchev–Trinajstić information content (AvgIpc) is 2.84. The molecule has 0 aliphatic heterocycles. The molecule has 0 aliphatic rings. The highest BCUT2D eigenvalue weighted by Crippen LogP contribution is 2.65.